The van der Waals surface area contributed by atoms with Gasteiger partial charge in [0.1, 0.15) is 5.82 Å². The van der Waals surface area contributed by atoms with E-state index < -0.39 is 0 Å². The fourth-order valence-electron chi connectivity index (χ4n) is 3.93. The number of carbonyl (C=O) groups excluding carboxylic acids is 1. The number of aromatic nitrogens is 3. The maximum Gasteiger partial charge on any atom is 0.236 e. The Morgan fingerprint density at radius 3 is 2.70 bits per heavy atom. The Morgan fingerprint density at radius 1 is 1.04 bits per heavy atom. The van der Waals surface area contributed by atoms with E-state index in [1.54, 1.807) is 12.4 Å². The number of nitrogens with one attached hydrogen (secondary N) is 1. The van der Waals surface area contributed by atoms with Crippen molar-refractivity contribution in [1.29, 1.82) is 0 Å². The molecule has 2 aliphatic heterocycles. The molecule has 0 saturated carbocycles. The molecule has 1 amide bonds. The summed E-state index contributed by atoms with van der Waals surface area (Å²) in [6.07, 6.45) is 9.09. The maximum absolute atomic E-state index is 12.6. The molecule has 0 radical (unpaired) electrons. The second kappa shape index (κ2) is 8.43. The van der Waals surface area contributed by atoms with Crippen LogP contribution < -0.4 is 5.32 Å². The quantitative estimate of drug-likeness (QED) is 0.877. The minimum absolute atomic E-state index is 0.164. The van der Waals surface area contributed by atoms with E-state index >= 15 is 0 Å². The van der Waals surface area contributed by atoms with Crippen molar-refractivity contribution in [2.75, 3.05) is 31.5 Å². The Labute approximate surface area is 159 Å². The molecule has 27 heavy (non-hydrogen) atoms. The van der Waals surface area contributed by atoms with Crippen molar-refractivity contribution < 1.29 is 4.79 Å². The molecule has 0 aromatic carbocycles. The van der Waals surface area contributed by atoms with E-state index in [9.17, 15) is 4.79 Å². The molecule has 2 fully saturated rings. The minimum atomic E-state index is 0.164. The first-order valence-corrected chi connectivity index (χ1v) is 9.82. The molecule has 7 nitrogen and oxygen atoms in total. The van der Waals surface area contributed by atoms with E-state index in [4.69, 9.17) is 4.98 Å². The van der Waals surface area contributed by atoms with Crippen LogP contribution in [0.15, 0.2) is 36.7 Å². The zero-order chi connectivity index (χ0) is 18.5. The summed E-state index contributed by atoms with van der Waals surface area (Å²) < 4.78 is 0. The normalized spacial score (nSPS) is 20.6. The Morgan fingerprint density at radius 2 is 1.89 bits per heavy atom. The maximum atomic E-state index is 12.6. The summed E-state index contributed by atoms with van der Waals surface area (Å²) in [5.74, 6) is 1.52. The predicted octanol–water partition coefficient (Wildman–Crippen LogP) is 2.76. The van der Waals surface area contributed by atoms with Crippen molar-refractivity contribution in [2.24, 2.45) is 0 Å². The summed E-state index contributed by atoms with van der Waals surface area (Å²) in [7, 11) is 0. The Bertz CT molecular complexity index is 762. The number of hydrogen-bond donors (Lipinski definition) is 1. The van der Waals surface area contributed by atoms with Gasteiger partial charge in [0.2, 0.25) is 11.9 Å². The monoisotopic (exact) mass is 366 g/mol. The highest BCUT2D eigenvalue weighted by Crippen LogP contribution is 2.30. The zero-order valence-corrected chi connectivity index (χ0v) is 15.5. The largest absolute Gasteiger partial charge is 0.342 e. The van der Waals surface area contributed by atoms with Crippen LogP contribution in [0.4, 0.5) is 11.8 Å². The molecule has 1 N–H and O–H groups in total. The third-order valence-corrected chi connectivity index (χ3v) is 5.33. The van der Waals surface area contributed by atoms with E-state index in [2.05, 4.69) is 20.2 Å². The highest BCUT2D eigenvalue weighted by molar-refractivity contribution is 5.78. The third kappa shape index (κ3) is 4.42. The second-order valence-corrected chi connectivity index (χ2v) is 7.22. The van der Waals surface area contributed by atoms with Crippen LogP contribution in [0.5, 0.6) is 0 Å². The number of nitrogens with zero attached hydrogens (tertiary/aromatic N) is 5. The van der Waals surface area contributed by atoms with Gasteiger partial charge in [-0.2, -0.15) is 0 Å². The number of piperidine rings is 1. The van der Waals surface area contributed by atoms with Crippen LogP contribution in [-0.4, -0.2) is 56.8 Å². The molecule has 2 saturated heterocycles. The molecule has 2 aliphatic rings. The molecule has 1 atom stereocenters. The van der Waals surface area contributed by atoms with Gasteiger partial charge >= 0.3 is 0 Å². The van der Waals surface area contributed by atoms with Crippen molar-refractivity contribution >= 4 is 17.7 Å². The van der Waals surface area contributed by atoms with Crippen LogP contribution in [0.25, 0.3) is 0 Å². The van der Waals surface area contributed by atoms with E-state index in [0.717, 1.165) is 63.3 Å². The van der Waals surface area contributed by atoms with Gasteiger partial charge in [0.25, 0.3) is 0 Å². The first-order valence-electron chi connectivity index (χ1n) is 9.82. The van der Waals surface area contributed by atoms with Gasteiger partial charge in [-0.3, -0.25) is 9.69 Å². The lowest BCUT2D eigenvalue weighted by molar-refractivity contribution is -0.132. The van der Waals surface area contributed by atoms with Gasteiger partial charge in [0, 0.05) is 25.5 Å². The molecule has 0 aliphatic carbocycles. The van der Waals surface area contributed by atoms with Crippen molar-refractivity contribution in [3.8, 4) is 0 Å². The molecular formula is C20H26N6O. The van der Waals surface area contributed by atoms with Crippen LogP contribution in [0.3, 0.4) is 0 Å². The minimum Gasteiger partial charge on any atom is -0.342 e. The lowest BCUT2D eigenvalue weighted by Crippen LogP contribution is -2.42. The lowest BCUT2D eigenvalue weighted by Gasteiger charge is -2.35. The molecule has 1 unspecified atom stereocenters. The van der Waals surface area contributed by atoms with Gasteiger partial charge in [0.15, 0.2) is 0 Å². The molecule has 0 bridgehead atoms. The summed E-state index contributed by atoms with van der Waals surface area (Å²) in [6, 6.07) is 7.81. The number of likely N-dealkylation sites (tertiary alicyclic amines) is 2. The number of amides is 1. The molecule has 4 rings (SSSR count). The lowest BCUT2D eigenvalue weighted by atomic mass is 9.99. The van der Waals surface area contributed by atoms with E-state index in [1.165, 1.54) is 0 Å². The average Bonchev–Trinajstić information content (AvgIpc) is 3.24. The fourth-order valence-corrected chi connectivity index (χ4v) is 3.93. The Hall–Kier alpha value is -2.54. The smallest absolute Gasteiger partial charge is 0.236 e. The highest BCUT2D eigenvalue weighted by atomic mass is 16.2. The number of carbonyl (C=O) groups is 1. The van der Waals surface area contributed by atoms with Gasteiger partial charge in [0.05, 0.1) is 18.3 Å². The molecular weight excluding hydrogens is 340 g/mol. The van der Waals surface area contributed by atoms with Crippen LogP contribution in [0, 0.1) is 0 Å². The van der Waals surface area contributed by atoms with Crippen molar-refractivity contribution in [1.82, 2.24) is 24.8 Å². The number of anilines is 2. The van der Waals surface area contributed by atoms with E-state index in [-0.39, 0.29) is 11.9 Å². The predicted molar refractivity (Wildman–Crippen MR) is 104 cm³/mol. The van der Waals surface area contributed by atoms with Crippen LogP contribution in [0.1, 0.15) is 43.8 Å². The number of hydrogen-bond acceptors (Lipinski definition) is 6. The molecule has 2 aromatic rings. The zero-order valence-electron chi connectivity index (χ0n) is 15.5. The summed E-state index contributed by atoms with van der Waals surface area (Å²) in [6.45, 7) is 3.24. The second-order valence-electron chi connectivity index (χ2n) is 7.22. The average molecular weight is 366 g/mol. The first kappa shape index (κ1) is 17.9. The third-order valence-electron chi connectivity index (χ3n) is 5.33. The fraction of sp³-hybridized carbons (Fsp3) is 0.500. The van der Waals surface area contributed by atoms with Gasteiger partial charge in [-0.05, 0) is 50.4 Å². The summed E-state index contributed by atoms with van der Waals surface area (Å²) in [4.78, 5) is 30.2. The van der Waals surface area contributed by atoms with Crippen LogP contribution in [-0.2, 0) is 4.79 Å². The molecule has 142 valence electrons. The van der Waals surface area contributed by atoms with Gasteiger partial charge < -0.3 is 10.2 Å². The summed E-state index contributed by atoms with van der Waals surface area (Å²) in [5, 5.41) is 3.16. The Kier molecular flexibility index (Phi) is 5.58. The SMILES string of the molecule is O=C(CN1CCCCC1c1ccnc(Nc2ccccn2)n1)N1CCCC1. The summed E-state index contributed by atoms with van der Waals surface area (Å²) in [5.41, 5.74) is 0.970. The number of rotatable bonds is 5. The van der Waals surface area contributed by atoms with Crippen molar-refractivity contribution in [3.63, 3.8) is 0 Å². The first-order chi connectivity index (χ1) is 13.3. The standard InChI is InChI=1S/C20H26N6O/c27-19(25-12-5-6-13-25)15-26-14-4-2-7-17(26)16-9-11-22-20(23-16)24-18-8-1-3-10-21-18/h1,3,8-11,17H,2,4-7,12-15H2,(H,21,22,23,24). The van der Waals surface area contributed by atoms with Crippen molar-refractivity contribution in [3.05, 3.63) is 42.4 Å². The Balaban J connectivity index is 1.48. The highest BCUT2D eigenvalue weighted by Gasteiger charge is 2.29. The molecule has 2 aromatic heterocycles. The van der Waals surface area contributed by atoms with Gasteiger partial charge in [-0.1, -0.05) is 12.5 Å². The van der Waals surface area contributed by atoms with E-state index in [0.29, 0.717) is 12.5 Å². The number of pyridine rings is 1. The van der Waals surface area contributed by atoms with Gasteiger partial charge in [-0.15, -0.1) is 0 Å². The van der Waals surface area contributed by atoms with E-state index in [1.807, 2.05) is 29.2 Å². The molecule has 7 heteroatoms. The topological polar surface area (TPSA) is 74.2 Å². The van der Waals surface area contributed by atoms with Crippen LogP contribution >= 0.6 is 0 Å². The van der Waals surface area contributed by atoms with Crippen LogP contribution in [0.2, 0.25) is 0 Å². The molecule has 4 heterocycles. The van der Waals surface area contributed by atoms with Gasteiger partial charge in [-0.25, -0.2) is 15.0 Å². The molecule has 0 spiro atoms. The summed E-state index contributed by atoms with van der Waals surface area (Å²) >= 11 is 0. The van der Waals surface area contributed by atoms with Crippen molar-refractivity contribution in [2.45, 2.75) is 38.1 Å².